The van der Waals surface area contributed by atoms with E-state index in [0.29, 0.717) is 13.1 Å². The van der Waals surface area contributed by atoms with Crippen molar-refractivity contribution >= 4 is 17.4 Å². The van der Waals surface area contributed by atoms with Crippen LogP contribution >= 0.6 is 11.3 Å². The molecule has 2 aromatic rings. The van der Waals surface area contributed by atoms with E-state index in [4.69, 9.17) is 4.74 Å². The zero-order chi connectivity index (χ0) is 15.1. The first kappa shape index (κ1) is 15.5. The average molecular weight is 305 g/mol. The summed E-state index contributed by atoms with van der Waals surface area (Å²) < 4.78 is 5.06. The molecule has 0 fully saturated rings. The number of ether oxygens (including phenoxy) is 1. The Labute approximate surface area is 128 Å². The van der Waals surface area contributed by atoms with Gasteiger partial charge in [0.25, 0.3) is 0 Å². The fourth-order valence-corrected chi connectivity index (χ4v) is 2.48. The van der Waals surface area contributed by atoms with Crippen LogP contribution in [0, 0.1) is 0 Å². The molecule has 112 valence electrons. The third-order valence-electron chi connectivity index (χ3n) is 2.95. The SMILES string of the molecule is COC(C)CNC(=O)NCc1csc(-c2ccccc2)n1. The van der Waals surface area contributed by atoms with Gasteiger partial charge in [0.15, 0.2) is 0 Å². The van der Waals surface area contributed by atoms with Crippen LogP contribution in [-0.4, -0.2) is 30.8 Å². The maximum atomic E-state index is 11.6. The van der Waals surface area contributed by atoms with Crippen LogP contribution in [0.5, 0.6) is 0 Å². The summed E-state index contributed by atoms with van der Waals surface area (Å²) in [6.45, 7) is 2.79. The van der Waals surface area contributed by atoms with Gasteiger partial charge in [0.05, 0.1) is 18.3 Å². The Kier molecular flexibility index (Phi) is 5.71. The number of nitrogens with zero attached hydrogens (tertiary/aromatic N) is 1. The number of rotatable bonds is 6. The number of carbonyl (C=O) groups is 1. The first-order chi connectivity index (χ1) is 10.2. The van der Waals surface area contributed by atoms with E-state index in [9.17, 15) is 4.79 Å². The highest BCUT2D eigenvalue weighted by atomic mass is 32.1. The number of hydrogen-bond acceptors (Lipinski definition) is 4. The van der Waals surface area contributed by atoms with Crippen LogP contribution in [-0.2, 0) is 11.3 Å². The minimum atomic E-state index is -0.215. The second-order valence-electron chi connectivity index (χ2n) is 4.62. The van der Waals surface area contributed by atoms with E-state index in [1.165, 1.54) is 0 Å². The van der Waals surface area contributed by atoms with Gasteiger partial charge in [-0.3, -0.25) is 0 Å². The van der Waals surface area contributed by atoms with Crippen LogP contribution in [0.15, 0.2) is 35.7 Å². The molecular weight excluding hydrogens is 286 g/mol. The maximum Gasteiger partial charge on any atom is 0.315 e. The van der Waals surface area contributed by atoms with E-state index in [0.717, 1.165) is 16.3 Å². The molecule has 0 aliphatic heterocycles. The molecule has 1 unspecified atom stereocenters. The Morgan fingerprint density at radius 2 is 2.10 bits per heavy atom. The van der Waals surface area contributed by atoms with Crippen molar-refractivity contribution in [3.63, 3.8) is 0 Å². The Morgan fingerprint density at radius 3 is 2.81 bits per heavy atom. The summed E-state index contributed by atoms with van der Waals surface area (Å²) in [6.07, 6.45) is -0.000272. The van der Waals surface area contributed by atoms with Crippen molar-refractivity contribution in [2.75, 3.05) is 13.7 Å². The predicted molar refractivity (Wildman–Crippen MR) is 84.3 cm³/mol. The van der Waals surface area contributed by atoms with Gasteiger partial charge in [0, 0.05) is 24.6 Å². The normalized spacial score (nSPS) is 11.9. The van der Waals surface area contributed by atoms with Crippen LogP contribution in [0.1, 0.15) is 12.6 Å². The Bertz CT molecular complexity index is 571. The van der Waals surface area contributed by atoms with E-state index in [-0.39, 0.29) is 12.1 Å². The maximum absolute atomic E-state index is 11.6. The molecule has 5 nitrogen and oxygen atoms in total. The van der Waals surface area contributed by atoms with Crippen molar-refractivity contribution in [1.82, 2.24) is 15.6 Å². The standard InChI is InChI=1S/C15H19N3O2S/c1-11(20-2)8-16-15(19)17-9-13-10-21-14(18-13)12-6-4-3-5-7-12/h3-7,10-11H,8-9H2,1-2H3,(H2,16,17,19). The van der Waals surface area contributed by atoms with E-state index >= 15 is 0 Å². The number of aromatic nitrogens is 1. The first-order valence-electron chi connectivity index (χ1n) is 6.73. The van der Waals surface area contributed by atoms with Crippen molar-refractivity contribution in [2.45, 2.75) is 19.6 Å². The number of urea groups is 1. The zero-order valence-corrected chi connectivity index (χ0v) is 12.9. The Hall–Kier alpha value is -1.92. The molecule has 0 saturated carbocycles. The second-order valence-corrected chi connectivity index (χ2v) is 5.48. The summed E-state index contributed by atoms with van der Waals surface area (Å²) in [4.78, 5) is 16.1. The fraction of sp³-hybridized carbons (Fsp3) is 0.333. The first-order valence-corrected chi connectivity index (χ1v) is 7.61. The number of carbonyl (C=O) groups excluding carboxylic acids is 1. The third kappa shape index (κ3) is 4.84. The molecule has 0 aliphatic carbocycles. The second kappa shape index (κ2) is 7.75. The highest BCUT2D eigenvalue weighted by Gasteiger charge is 2.07. The van der Waals surface area contributed by atoms with Crippen LogP contribution in [0.4, 0.5) is 4.79 Å². The summed E-state index contributed by atoms with van der Waals surface area (Å²) >= 11 is 1.57. The molecule has 1 aromatic heterocycles. The minimum Gasteiger partial charge on any atom is -0.380 e. The molecule has 1 aromatic carbocycles. The van der Waals surface area contributed by atoms with E-state index in [2.05, 4.69) is 15.6 Å². The van der Waals surface area contributed by atoms with Gasteiger partial charge in [-0.1, -0.05) is 30.3 Å². The van der Waals surface area contributed by atoms with Gasteiger partial charge >= 0.3 is 6.03 Å². The van der Waals surface area contributed by atoms with Crippen LogP contribution < -0.4 is 10.6 Å². The minimum absolute atomic E-state index is 0.000272. The molecule has 0 bridgehead atoms. The third-order valence-corrected chi connectivity index (χ3v) is 3.90. The highest BCUT2D eigenvalue weighted by molar-refractivity contribution is 7.13. The number of hydrogen-bond donors (Lipinski definition) is 2. The largest absolute Gasteiger partial charge is 0.380 e. The number of methoxy groups -OCH3 is 1. The number of nitrogens with one attached hydrogen (secondary N) is 2. The monoisotopic (exact) mass is 305 g/mol. The van der Waals surface area contributed by atoms with Gasteiger partial charge in [0.1, 0.15) is 5.01 Å². The Balaban J connectivity index is 1.82. The summed E-state index contributed by atoms with van der Waals surface area (Å²) in [5.74, 6) is 0. The van der Waals surface area contributed by atoms with Crippen LogP contribution in [0.25, 0.3) is 10.6 Å². The van der Waals surface area contributed by atoms with Gasteiger partial charge in [-0.25, -0.2) is 9.78 Å². The van der Waals surface area contributed by atoms with Crippen molar-refractivity contribution in [2.24, 2.45) is 0 Å². The lowest BCUT2D eigenvalue weighted by atomic mass is 10.2. The van der Waals surface area contributed by atoms with Crippen molar-refractivity contribution in [3.05, 3.63) is 41.4 Å². The summed E-state index contributed by atoms with van der Waals surface area (Å²) in [6, 6.07) is 9.78. The number of thiazole rings is 1. The van der Waals surface area contributed by atoms with E-state index in [1.54, 1.807) is 18.4 Å². The lowest BCUT2D eigenvalue weighted by Crippen LogP contribution is -2.39. The summed E-state index contributed by atoms with van der Waals surface area (Å²) in [5.41, 5.74) is 1.95. The predicted octanol–water partition coefficient (Wildman–Crippen LogP) is 2.64. The van der Waals surface area contributed by atoms with Gasteiger partial charge in [-0.2, -0.15) is 0 Å². The topological polar surface area (TPSA) is 63.2 Å². The number of amides is 2. The van der Waals surface area contributed by atoms with Gasteiger partial charge < -0.3 is 15.4 Å². The van der Waals surface area contributed by atoms with Gasteiger partial charge in [-0.15, -0.1) is 11.3 Å². The molecule has 2 amide bonds. The summed E-state index contributed by atoms with van der Waals surface area (Å²) in [5, 5.41) is 8.44. The Morgan fingerprint density at radius 1 is 1.33 bits per heavy atom. The lowest BCUT2D eigenvalue weighted by molar-refractivity contribution is 0.118. The molecule has 2 rings (SSSR count). The van der Waals surface area contributed by atoms with Crippen molar-refractivity contribution < 1.29 is 9.53 Å². The van der Waals surface area contributed by atoms with Crippen molar-refractivity contribution in [3.8, 4) is 10.6 Å². The quantitative estimate of drug-likeness (QED) is 0.862. The lowest BCUT2D eigenvalue weighted by Gasteiger charge is -2.11. The fourth-order valence-electron chi connectivity index (χ4n) is 1.65. The van der Waals surface area contributed by atoms with E-state index < -0.39 is 0 Å². The highest BCUT2D eigenvalue weighted by Crippen LogP contribution is 2.22. The van der Waals surface area contributed by atoms with Crippen LogP contribution in [0.2, 0.25) is 0 Å². The molecular formula is C15H19N3O2S. The van der Waals surface area contributed by atoms with Crippen LogP contribution in [0.3, 0.4) is 0 Å². The number of benzene rings is 1. The molecule has 0 spiro atoms. The zero-order valence-electron chi connectivity index (χ0n) is 12.1. The van der Waals surface area contributed by atoms with Gasteiger partial charge in [0.2, 0.25) is 0 Å². The molecule has 21 heavy (non-hydrogen) atoms. The molecule has 0 radical (unpaired) electrons. The molecule has 0 aliphatic rings. The van der Waals surface area contributed by atoms with Gasteiger partial charge in [-0.05, 0) is 6.92 Å². The smallest absolute Gasteiger partial charge is 0.315 e. The molecule has 6 heteroatoms. The molecule has 1 heterocycles. The average Bonchev–Trinajstić information content (AvgIpc) is 3.00. The molecule has 1 atom stereocenters. The van der Waals surface area contributed by atoms with E-state index in [1.807, 2.05) is 42.6 Å². The van der Waals surface area contributed by atoms with Crippen molar-refractivity contribution in [1.29, 1.82) is 0 Å². The molecule has 2 N–H and O–H groups in total. The molecule has 0 saturated heterocycles. The summed E-state index contributed by atoms with van der Waals surface area (Å²) in [7, 11) is 1.62.